The van der Waals surface area contributed by atoms with Crippen molar-refractivity contribution >= 4 is 28.8 Å². The second kappa shape index (κ2) is 6.63. The topological polar surface area (TPSA) is 64.3 Å². The summed E-state index contributed by atoms with van der Waals surface area (Å²) in [4.78, 5) is 12.1. The Kier molecular flexibility index (Phi) is 4.87. The summed E-state index contributed by atoms with van der Waals surface area (Å²) in [5, 5.41) is 2.78. The monoisotopic (exact) mass is 278 g/mol. The highest BCUT2D eigenvalue weighted by atomic mass is 32.1. The molecule has 3 N–H and O–H groups in total. The summed E-state index contributed by atoms with van der Waals surface area (Å²) in [6.07, 6.45) is 4.79. The zero-order valence-electron chi connectivity index (χ0n) is 10.7. The quantitative estimate of drug-likeness (QED) is 0.811. The molecule has 0 saturated heterocycles. The molecule has 1 aliphatic carbocycles. The Hall–Kier alpha value is -1.46. The maximum absolute atomic E-state index is 11.7. The summed E-state index contributed by atoms with van der Waals surface area (Å²) in [7, 11) is 0. The summed E-state index contributed by atoms with van der Waals surface area (Å²) in [5.74, 6) is -0.130. The van der Waals surface area contributed by atoms with E-state index < -0.39 is 0 Å². The van der Waals surface area contributed by atoms with Crippen LogP contribution in [-0.2, 0) is 9.53 Å². The number of nitrogens with one attached hydrogen (secondary N) is 1. The molecule has 5 heteroatoms. The third-order valence-electron chi connectivity index (χ3n) is 3.21. The maximum Gasteiger partial charge on any atom is 0.250 e. The predicted octanol–water partition coefficient (Wildman–Crippen LogP) is 2.22. The summed E-state index contributed by atoms with van der Waals surface area (Å²) < 4.78 is 5.55. The van der Waals surface area contributed by atoms with Gasteiger partial charge in [0.05, 0.1) is 6.10 Å². The number of carbonyl (C=O) groups excluding carboxylic acids is 1. The van der Waals surface area contributed by atoms with Crippen LogP contribution in [0.2, 0.25) is 0 Å². The van der Waals surface area contributed by atoms with Crippen molar-refractivity contribution in [2.24, 2.45) is 5.73 Å². The first-order valence-corrected chi connectivity index (χ1v) is 6.87. The smallest absolute Gasteiger partial charge is 0.250 e. The number of rotatable bonds is 5. The van der Waals surface area contributed by atoms with Gasteiger partial charge in [0.25, 0.3) is 0 Å². The van der Waals surface area contributed by atoms with Crippen molar-refractivity contribution in [1.29, 1.82) is 0 Å². The van der Waals surface area contributed by atoms with Gasteiger partial charge in [-0.25, -0.2) is 0 Å². The van der Waals surface area contributed by atoms with Gasteiger partial charge in [-0.05, 0) is 37.1 Å². The number of ether oxygens (including phenoxy) is 1. The van der Waals surface area contributed by atoms with Crippen LogP contribution in [0, 0.1) is 0 Å². The van der Waals surface area contributed by atoms with Crippen LogP contribution in [0.1, 0.15) is 31.2 Å². The molecule has 102 valence electrons. The van der Waals surface area contributed by atoms with Gasteiger partial charge in [-0.2, -0.15) is 0 Å². The largest absolute Gasteiger partial charge is 0.389 e. The van der Waals surface area contributed by atoms with Crippen LogP contribution in [0.3, 0.4) is 0 Å². The van der Waals surface area contributed by atoms with Crippen LogP contribution in [0.5, 0.6) is 0 Å². The van der Waals surface area contributed by atoms with Crippen molar-refractivity contribution < 1.29 is 9.53 Å². The Bertz CT molecular complexity index is 453. The summed E-state index contributed by atoms with van der Waals surface area (Å²) in [5.41, 5.74) is 7.02. The first kappa shape index (κ1) is 14.0. The summed E-state index contributed by atoms with van der Waals surface area (Å²) in [6.45, 7) is 0.113. The number of amides is 1. The lowest BCUT2D eigenvalue weighted by Crippen LogP contribution is -2.22. The second-order valence-electron chi connectivity index (χ2n) is 4.71. The van der Waals surface area contributed by atoms with E-state index >= 15 is 0 Å². The van der Waals surface area contributed by atoms with E-state index in [-0.39, 0.29) is 18.6 Å². The average Bonchev–Trinajstić information content (AvgIpc) is 2.90. The number of hydrogen-bond acceptors (Lipinski definition) is 3. The number of thiocarbonyl (C=S) groups is 1. The van der Waals surface area contributed by atoms with Crippen molar-refractivity contribution in [2.45, 2.75) is 31.8 Å². The molecule has 0 unspecified atom stereocenters. The van der Waals surface area contributed by atoms with E-state index in [9.17, 15) is 4.79 Å². The molecule has 0 bridgehead atoms. The average molecular weight is 278 g/mol. The molecule has 0 spiro atoms. The summed E-state index contributed by atoms with van der Waals surface area (Å²) >= 11 is 4.87. The third-order valence-corrected chi connectivity index (χ3v) is 3.44. The van der Waals surface area contributed by atoms with Gasteiger partial charge in [0, 0.05) is 11.3 Å². The molecule has 1 aromatic carbocycles. The fraction of sp³-hybridized carbons (Fsp3) is 0.429. The fourth-order valence-electron chi connectivity index (χ4n) is 2.16. The van der Waals surface area contributed by atoms with Gasteiger partial charge >= 0.3 is 0 Å². The normalized spacial score (nSPS) is 15.4. The lowest BCUT2D eigenvalue weighted by molar-refractivity contribution is -0.122. The van der Waals surface area contributed by atoms with Crippen LogP contribution in [-0.4, -0.2) is 23.6 Å². The molecular weight excluding hydrogens is 260 g/mol. The highest BCUT2D eigenvalue weighted by Gasteiger charge is 2.16. The van der Waals surface area contributed by atoms with Gasteiger partial charge in [0.1, 0.15) is 11.6 Å². The zero-order valence-corrected chi connectivity index (χ0v) is 11.5. The Balaban J connectivity index is 1.79. The summed E-state index contributed by atoms with van der Waals surface area (Å²) in [6, 6.07) is 7.13. The lowest BCUT2D eigenvalue weighted by Gasteiger charge is -2.11. The minimum atomic E-state index is -0.130. The first-order valence-electron chi connectivity index (χ1n) is 6.46. The Morgan fingerprint density at radius 2 is 1.95 bits per heavy atom. The standard InChI is InChI=1S/C14H18N2O2S/c15-14(19)10-5-7-11(8-6-10)16-13(17)9-18-12-3-1-2-4-12/h5-8,12H,1-4,9H2,(H2,15,19)(H,16,17). The van der Waals surface area contributed by atoms with Crippen molar-refractivity contribution in [1.82, 2.24) is 0 Å². The Labute approximate surface area is 118 Å². The second-order valence-corrected chi connectivity index (χ2v) is 5.15. The SMILES string of the molecule is NC(=S)c1ccc(NC(=O)COC2CCCC2)cc1. The molecule has 1 amide bonds. The number of anilines is 1. The molecule has 0 radical (unpaired) electrons. The number of benzene rings is 1. The molecular formula is C14H18N2O2S. The van der Waals surface area contributed by atoms with Gasteiger partial charge in [0.15, 0.2) is 0 Å². The van der Waals surface area contributed by atoms with E-state index in [1.165, 1.54) is 12.8 Å². The van der Waals surface area contributed by atoms with Crippen LogP contribution < -0.4 is 11.1 Å². The number of hydrogen-bond donors (Lipinski definition) is 2. The van der Waals surface area contributed by atoms with E-state index in [4.69, 9.17) is 22.7 Å². The third kappa shape index (κ3) is 4.29. The minimum Gasteiger partial charge on any atom is -0.389 e. The van der Waals surface area contributed by atoms with Crippen LogP contribution in [0.15, 0.2) is 24.3 Å². The van der Waals surface area contributed by atoms with Crippen molar-refractivity contribution in [3.63, 3.8) is 0 Å². The molecule has 1 aliphatic rings. The van der Waals surface area contributed by atoms with E-state index in [1.54, 1.807) is 24.3 Å². The molecule has 1 aromatic rings. The molecule has 2 rings (SSSR count). The van der Waals surface area contributed by atoms with Gasteiger partial charge in [0.2, 0.25) is 5.91 Å². The minimum absolute atomic E-state index is 0.113. The van der Waals surface area contributed by atoms with Crippen LogP contribution >= 0.6 is 12.2 Å². The van der Waals surface area contributed by atoms with E-state index in [0.29, 0.717) is 4.99 Å². The zero-order chi connectivity index (χ0) is 13.7. The van der Waals surface area contributed by atoms with Crippen LogP contribution in [0.25, 0.3) is 0 Å². The number of carbonyl (C=O) groups is 1. The predicted molar refractivity (Wildman–Crippen MR) is 79.2 cm³/mol. The van der Waals surface area contributed by atoms with E-state index in [2.05, 4.69) is 5.32 Å². The molecule has 0 heterocycles. The molecule has 1 fully saturated rings. The van der Waals surface area contributed by atoms with Gasteiger partial charge in [-0.1, -0.05) is 25.1 Å². The van der Waals surface area contributed by atoms with Gasteiger partial charge in [-0.3, -0.25) is 4.79 Å². The molecule has 1 saturated carbocycles. The number of nitrogens with two attached hydrogens (primary N) is 1. The van der Waals surface area contributed by atoms with E-state index in [1.807, 2.05) is 0 Å². The highest BCUT2D eigenvalue weighted by Crippen LogP contribution is 2.20. The molecule has 19 heavy (non-hydrogen) atoms. The lowest BCUT2D eigenvalue weighted by atomic mass is 10.2. The fourth-order valence-corrected chi connectivity index (χ4v) is 2.30. The molecule has 0 atom stereocenters. The maximum atomic E-state index is 11.7. The van der Waals surface area contributed by atoms with Crippen LogP contribution in [0.4, 0.5) is 5.69 Å². The van der Waals surface area contributed by atoms with Crippen molar-refractivity contribution in [2.75, 3.05) is 11.9 Å². The van der Waals surface area contributed by atoms with Crippen molar-refractivity contribution in [3.05, 3.63) is 29.8 Å². The van der Waals surface area contributed by atoms with E-state index in [0.717, 1.165) is 24.1 Å². The first-order chi connectivity index (χ1) is 9.15. The van der Waals surface area contributed by atoms with Gasteiger partial charge < -0.3 is 15.8 Å². The van der Waals surface area contributed by atoms with Crippen molar-refractivity contribution in [3.8, 4) is 0 Å². The Morgan fingerprint density at radius 1 is 1.32 bits per heavy atom. The molecule has 0 aliphatic heterocycles. The molecule has 4 nitrogen and oxygen atoms in total. The Morgan fingerprint density at radius 3 is 2.53 bits per heavy atom. The molecule has 0 aromatic heterocycles. The highest BCUT2D eigenvalue weighted by molar-refractivity contribution is 7.80. The van der Waals surface area contributed by atoms with Gasteiger partial charge in [-0.15, -0.1) is 0 Å².